The zero-order valence-electron chi connectivity index (χ0n) is 14.8. The van der Waals surface area contributed by atoms with Crippen molar-refractivity contribution < 1.29 is 23.4 Å². The van der Waals surface area contributed by atoms with Crippen LogP contribution in [0.25, 0.3) is 22.6 Å². The van der Waals surface area contributed by atoms with Crippen molar-refractivity contribution in [2.45, 2.75) is 0 Å². The van der Waals surface area contributed by atoms with E-state index in [0.29, 0.717) is 34.5 Å². The number of halogens is 1. The van der Waals surface area contributed by atoms with E-state index >= 15 is 0 Å². The summed E-state index contributed by atoms with van der Waals surface area (Å²) in [7, 11) is 6.31. The molecule has 3 aromatic rings. The Labute approximate surface area is 156 Å². The summed E-state index contributed by atoms with van der Waals surface area (Å²) < 4.78 is 26.9. The molecule has 0 unspecified atom stereocenters. The summed E-state index contributed by atoms with van der Waals surface area (Å²) in [5.41, 5.74) is 2.12. The minimum atomic E-state index is 0.0413. The van der Waals surface area contributed by atoms with Crippen LogP contribution in [0, 0.1) is 0 Å². The van der Waals surface area contributed by atoms with Crippen molar-refractivity contribution in [3.8, 4) is 45.6 Å². The van der Waals surface area contributed by atoms with Crippen LogP contribution >= 0.6 is 11.6 Å². The third-order valence-corrected chi connectivity index (χ3v) is 4.07. The monoisotopic (exact) mass is 375 g/mol. The first-order chi connectivity index (χ1) is 12.6. The number of hydrogen-bond acceptors (Lipinski definition) is 6. The second kappa shape index (κ2) is 7.58. The predicted octanol–water partition coefficient (Wildman–Crippen LogP) is 4.70. The van der Waals surface area contributed by atoms with Crippen LogP contribution in [0.4, 0.5) is 0 Å². The average molecular weight is 376 g/mol. The Morgan fingerprint density at radius 2 is 1.23 bits per heavy atom. The van der Waals surface area contributed by atoms with Gasteiger partial charge in [-0.15, -0.1) is 0 Å². The summed E-state index contributed by atoms with van der Waals surface area (Å²) in [6, 6.07) is 10.9. The first-order valence-electron chi connectivity index (χ1n) is 7.72. The summed E-state index contributed by atoms with van der Waals surface area (Å²) in [6.07, 6.45) is 0. The normalized spacial score (nSPS) is 10.5. The third-order valence-electron chi connectivity index (χ3n) is 3.90. The number of rotatable bonds is 6. The molecule has 2 aromatic carbocycles. The maximum Gasteiger partial charge on any atom is 0.293 e. The highest BCUT2D eigenvalue weighted by Crippen LogP contribution is 2.40. The Bertz CT molecular complexity index is 849. The van der Waals surface area contributed by atoms with E-state index in [9.17, 15) is 0 Å². The highest BCUT2D eigenvalue weighted by atomic mass is 35.5. The van der Waals surface area contributed by atoms with Gasteiger partial charge in [0, 0.05) is 11.1 Å². The predicted molar refractivity (Wildman–Crippen MR) is 98.6 cm³/mol. The number of aromatic nitrogens is 1. The summed E-state index contributed by atoms with van der Waals surface area (Å²) in [4.78, 5) is 4.32. The van der Waals surface area contributed by atoms with Gasteiger partial charge in [0.05, 0.1) is 28.4 Å². The minimum Gasteiger partial charge on any atom is -0.493 e. The molecule has 1 heterocycles. The number of oxazole rings is 1. The Balaban J connectivity index is 2.12. The Morgan fingerprint density at radius 1 is 0.731 bits per heavy atom. The molecule has 7 heteroatoms. The number of ether oxygens (including phenoxy) is 4. The maximum absolute atomic E-state index is 6.04. The van der Waals surface area contributed by atoms with Crippen LogP contribution in [0.5, 0.6) is 23.0 Å². The first kappa shape index (κ1) is 17.9. The quantitative estimate of drug-likeness (QED) is 0.622. The van der Waals surface area contributed by atoms with Crippen molar-refractivity contribution in [3.05, 3.63) is 41.7 Å². The third kappa shape index (κ3) is 3.28. The minimum absolute atomic E-state index is 0.0413. The van der Waals surface area contributed by atoms with Gasteiger partial charge >= 0.3 is 0 Å². The molecule has 0 N–H and O–H groups in total. The van der Waals surface area contributed by atoms with E-state index in [1.54, 1.807) is 46.6 Å². The van der Waals surface area contributed by atoms with Gasteiger partial charge < -0.3 is 23.4 Å². The largest absolute Gasteiger partial charge is 0.493 e. The molecule has 0 aliphatic carbocycles. The lowest BCUT2D eigenvalue weighted by Gasteiger charge is -2.10. The molecule has 1 aromatic heterocycles. The highest BCUT2D eigenvalue weighted by molar-refractivity contribution is 6.28. The van der Waals surface area contributed by atoms with Gasteiger partial charge in [0.15, 0.2) is 28.8 Å². The summed E-state index contributed by atoms with van der Waals surface area (Å²) in [5, 5.41) is 0.0413. The molecule has 0 spiro atoms. The van der Waals surface area contributed by atoms with Gasteiger partial charge in [-0.25, -0.2) is 0 Å². The van der Waals surface area contributed by atoms with Gasteiger partial charge in [0.2, 0.25) is 0 Å². The Morgan fingerprint density at radius 3 is 1.77 bits per heavy atom. The van der Waals surface area contributed by atoms with E-state index in [4.69, 9.17) is 35.0 Å². The molecular formula is C19H18ClNO5. The first-order valence-corrected chi connectivity index (χ1v) is 8.10. The van der Waals surface area contributed by atoms with E-state index in [1.165, 1.54) is 0 Å². The van der Waals surface area contributed by atoms with Crippen molar-refractivity contribution in [1.29, 1.82) is 0 Å². The molecule has 0 atom stereocenters. The second-order valence-corrected chi connectivity index (χ2v) is 5.61. The summed E-state index contributed by atoms with van der Waals surface area (Å²) >= 11 is 6.04. The summed E-state index contributed by atoms with van der Waals surface area (Å²) in [6.45, 7) is 0. The van der Waals surface area contributed by atoms with E-state index in [0.717, 1.165) is 11.1 Å². The van der Waals surface area contributed by atoms with E-state index in [-0.39, 0.29) is 5.35 Å². The van der Waals surface area contributed by atoms with Gasteiger partial charge in [0.1, 0.15) is 5.69 Å². The zero-order chi connectivity index (χ0) is 18.7. The number of nitrogens with zero attached hydrogens (tertiary/aromatic N) is 1. The molecule has 0 radical (unpaired) electrons. The van der Waals surface area contributed by atoms with Gasteiger partial charge in [0.25, 0.3) is 5.35 Å². The van der Waals surface area contributed by atoms with Crippen molar-refractivity contribution in [2.75, 3.05) is 28.4 Å². The van der Waals surface area contributed by atoms with Crippen LogP contribution in [0.1, 0.15) is 0 Å². The topological polar surface area (TPSA) is 63.0 Å². The molecule has 0 bridgehead atoms. The molecule has 6 nitrogen and oxygen atoms in total. The fraction of sp³-hybridized carbons (Fsp3) is 0.211. The van der Waals surface area contributed by atoms with Crippen LogP contribution in [0.3, 0.4) is 0 Å². The van der Waals surface area contributed by atoms with E-state index in [1.807, 2.05) is 18.2 Å². The van der Waals surface area contributed by atoms with Gasteiger partial charge in [-0.3, -0.25) is 0 Å². The molecular weight excluding hydrogens is 358 g/mol. The van der Waals surface area contributed by atoms with Crippen molar-refractivity contribution >= 4 is 11.6 Å². The smallest absolute Gasteiger partial charge is 0.293 e. The Kier molecular flexibility index (Phi) is 5.23. The fourth-order valence-electron chi connectivity index (χ4n) is 2.65. The lowest BCUT2D eigenvalue weighted by molar-refractivity contribution is 0.355. The molecule has 0 aliphatic rings. The Hall–Kier alpha value is -2.86. The second-order valence-electron chi connectivity index (χ2n) is 5.28. The van der Waals surface area contributed by atoms with E-state index in [2.05, 4.69) is 4.98 Å². The van der Waals surface area contributed by atoms with Crippen molar-refractivity contribution in [2.24, 2.45) is 0 Å². The molecule has 0 aliphatic heterocycles. The van der Waals surface area contributed by atoms with Crippen molar-refractivity contribution in [1.82, 2.24) is 4.98 Å². The SMILES string of the molecule is COc1ccc(-c2nc(Cl)oc2-c2ccc(OC)c(OC)c2)cc1OC. The molecule has 0 amide bonds. The van der Waals surface area contributed by atoms with Gasteiger partial charge in [-0.2, -0.15) is 4.98 Å². The lowest BCUT2D eigenvalue weighted by Crippen LogP contribution is -1.92. The number of benzene rings is 2. The van der Waals surface area contributed by atoms with Crippen LogP contribution < -0.4 is 18.9 Å². The fourth-order valence-corrected chi connectivity index (χ4v) is 2.81. The van der Waals surface area contributed by atoms with Crippen molar-refractivity contribution in [3.63, 3.8) is 0 Å². The maximum atomic E-state index is 6.04. The molecule has 0 saturated heterocycles. The van der Waals surface area contributed by atoms with Crippen LogP contribution in [-0.4, -0.2) is 33.4 Å². The van der Waals surface area contributed by atoms with Gasteiger partial charge in [-0.05, 0) is 48.0 Å². The van der Waals surface area contributed by atoms with Crippen LogP contribution in [0.15, 0.2) is 40.8 Å². The zero-order valence-corrected chi connectivity index (χ0v) is 15.6. The van der Waals surface area contributed by atoms with Crippen LogP contribution in [0.2, 0.25) is 5.35 Å². The van der Waals surface area contributed by atoms with Gasteiger partial charge in [-0.1, -0.05) is 0 Å². The molecule has 26 heavy (non-hydrogen) atoms. The lowest BCUT2D eigenvalue weighted by atomic mass is 10.0. The summed E-state index contributed by atoms with van der Waals surface area (Å²) in [5.74, 6) is 2.93. The molecule has 0 fully saturated rings. The average Bonchev–Trinajstić information content (AvgIpc) is 3.08. The van der Waals surface area contributed by atoms with E-state index < -0.39 is 0 Å². The molecule has 0 saturated carbocycles. The van der Waals surface area contributed by atoms with Crippen LogP contribution in [-0.2, 0) is 0 Å². The highest BCUT2D eigenvalue weighted by Gasteiger charge is 2.19. The molecule has 3 rings (SSSR count). The number of methoxy groups -OCH3 is 4. The standard InChI is InChI=1S/C19H18ClNO5/c1-22-13-7-5-11(9-15(13)24-3)17-18(26-19(20)21-17)12-6-8-14(23-2)16(10-12)25-4/h5-10H,1-4H3. The molecule has 136 valence electrons. The number of hydrogen-bond donors (Lipinski definition) is 0.